The van der Waals surface area contributed by atoms with Crippen molar-refractivity contribution in [3.05, 3.63) is 0 Å². The van der Waals surface area contributed by atoms with Crippen molar-refractivity contribution in [2.75, 3.05) is 5.75 Å². The normalized spacial score (nSPS) is 11.2. The van der Waals surface area contributed by atoms with Crippen LogP contribution >= 0.6 is 0 Å². The fourth-order valence-electron chi connectivity index (χ4n) is 1.94. The summed E-state index contributed by atoms with van der Waals surface area (Å²) in [7, 11) is -3.98. The minimum absolute atomic E-state index is 0. The Bertz CT molecular complexity index is 253. The van der Waals surface area contributed by atoms with Crippen LogP contribution in [0.25, 0.3) is 0 Å². The van der Waals surface area contributed by atoms with Gasteiger partial charge in [0.05, 0.1) is 10.1 Å². The molecule has 0 bridgehead atoms. The van der Waals surface area contributed by atoms with Crippen molar-refractivity contribution in [3.8, 4) is 0 Å². The molecule has 0 radical (unpaired) electrons. The van der Waals surface area contributed by atoms with Crippen LogP contribution in [0.3, 0.4) is 0 Å². The van der Waals surface area contributed by atoms with Gasteiger partial charge in [-0.15, -0.1) is 0 Å². The van der Waals surface area contributed by atoms with Crippen molar-refractivity contribution in [2.24, 2.45) is 0 Å². The molecule has 5 heteroatoms. The predicted octanol–water partition coefficient (Wildman–Crippen LogP) is 0.847. The second-order valence-corrected chi connectivity index (χ2v) is 6.32. The number of hydrogen-bond donors (Lipinski definition) is 0. The smallest absolute Gasteiger partial charge is 0.748 e. The van der Waals surface area contributed by atoms with Gasteiger partial charge in [-0.2, -0.15) is 0 Å². The minimum atomic E-state index is -3.98. The zero-order chi connectivity index (χ0) is 13.0. The quantitative estimate of drug-likeness (QED) is 0.305. The van der Waals surface area contributed by atoms with Crippen LogP contribution in [-0.2, 0) is 10.1 Å². The molecule has 0 aromatic rings. The van der Waals surface area contributed by atoms with Crippen LogP contribution in [-0.4, -0.2) is 18.7 Å². The second-order valence-electron chi connectivity index (χ2n) is 4.80. The molecule has 0 atom stereocenters. The largest absolute Gasteiger partial charge is 1.00 e. The van der Waals surface area contributed by atoms with E-state index in [4.69, 9.17) is 0 Å². The van der Waals surface area contributed by atoms with Gasteiger partial charge < -0.3 is 4.55 Å². The van der Waals surface area contributed by atoms with E-state index in [-0.39, 0.29) is 57.1 Å². The molecule has 18 heavy (non-hydrogen) atoms. The molecule has 0 heterocycles. The molecule has 0 spiro atoms. The maximum absolute atomic E-state index is 10.3. The van der Waals surface area contributed by atoms with Crippen molar-refractivity contribution in [2.45, 2.75) is 77.6 Å². The van der Waals surface area contributed by atoms with Gasteiger partial charge >= 0.3 is 51.4 Å². The summed E-state index contributed by atoms with van der Waals surface area (Å²) in [4.78, 5) is 0. The maximum Gasteiger partial charge on any atom is 1.00 e. The van der Waals surface area contributed by atoms with Crippen molar-refractivity contribution in [1.29, 1.82) is 0 Å². The fourth-order valence-corrected chi connectivity index (χ4v) is 2.50. The fraction of sp³-hybridized carbons (Fsp3) is 1.00. The molecule has 104 valence electrons. The third-order valence-electron chi connectivity index (χ3n) is 3.00. The Labute approximate surface area is 156 Å². The Kier molecular flexibility index (Phi) is 18.1. The zero-order valence-corrected chi connectivity index (χ0v) is 16.1. The van der Waals surface area contributed by atoms with E-state index in [1.165, 1.54) is 51.4 Å². The summed E-state index contributed by atoms with van der Waals surface area (Å²) in [6.45, 7) is 2.22. The molecule has 0 rings (SSSR count). The summed E-state index contributed by atoms with van der Waals surface area (Å²) in [5.41, 5.74) is 0. The predicted molar refractivity (Wildman–Crippen MR) is 71.0 cm³/mol. The standard InChI is InChI=1S/C13H28O3S.K/c1-2-3-4-5-6-7-8-9-10-11-12-13-17(14,15)16;/h2-13H2,1H3,(H,14,15,16);/q;+1/p-1. The Hall–Kier alpha value is 1.55. The summed E-state index contributed by atoms with van der Waals surface area (Å²) in [5.74, 6) is -0.190. The van der Waals surface area contributed by atoms with Crippen LogP contribution in [0.2, 0.25) is 0 Å². The van der Waals surface area contributed by atoms with Gasteiger partial charge in [-0.1, -0.05) is 71.1 Å². The third-order valence-corrected chi connectivity index (χ3v) is 3.79. The Morgan fingerprint density at radius 1 is 0.722 bits per heavy atom. The summed E-state index contributed by atoms with van der Waals surface area (Å²) >= 11 is 0. The third kappa shape index (κ3) is 19.9. The van der Waals surface area contributed by atoms with Crippen LogP contribution in [0, 0.1) is 0 Å². The first-order chi connectivity index (χ1) is 8.06. The number of unbranched alkanes of at least 4 members (excludes halogenated alkanes) is 10. The van der Waals surface area contributed by atoms with Gasteiger partial charge in [0.25, 0.3) is 0 Å². The van der Waals surface area contributed by atoms with Gasteiger partial charge in [0.1, 0.15) is 0 Å². The van der Waals surface area contributed by atoms with E-state index in [9.17, 15) is 13.0 Å². The zero-order valence-electron chi connectivity index (χ0n) is 12.1. The minimum Gasteiger partial charge on any atom is -0.748 e. The van der Waals surface area contributed by atoms with Crippen molar-refractivity contribution in [3.63, 3.8) is 0 Å². The van der Waals surface area contributed by atoms with Gasteiger partial charge in [0, 0.05) is 5.75 Å². The molecule has 0 saturated carbocycles. The Balaban J connectivity index is 0. The Morgan fingerprint density at radius 3 is 1.39 bits per heavy atom. The molecule has 0 aromatic carbocycles. The second kappa shape index (κ2) is 14.9. The molecule has 0 unspecified atom stereocenters. The van der Waals surface area contributed by atoms with Gasteiger partial charge in [-0.3, -0.25) is 0 Å². The van der Waals surface area contributed by atoms with Crippen LogP contribution in [0.1, 0.15) is 77.6 Å². The summed E-state index contributed by atoms with van der Waals surface area (Å²) in [5, 5.41) is 0. The molecule has 0 fully saturated rings. The van der Waals surface area contributed by atoms with Gasteiger partial charge in [-0.05, 0) is 6.42 Å². The van der Waals surface area contributed by atoms with Crippen LogP contribution in [0.5, 0.6) is 0 Å². The van der Waals surface area contributed by atoms with Crippen LogP contribution < -0.4 is 51.4 Å². The van der Waals surface area contributed by atoms with Gasteiger partial charge in [-0.25, -0.2) is 8.42 Å². The number of hydrogen-bond acceptors (Lipinski definition) is 3. The van der Waals surface area contributed by atoms with E-state index in [0.717, 1.165) is 12.8 Å². The van der Waals surface area contributed by atoms with E-state index in [1.54, 1.807) is 0 Å². The van der Waals surface area contributed by atoms with E-state index < -0.39 is 10.1 Å². The molecule has 3 nitrogen and oxygen atoms in total. The monoisotopic (exact) mass is 302 g/mol. The molecule has 0 aliphatic carbocycles. The van der Waals surface area contributed by atoms with E-state index in [0.29, 0.717) is 6.42 Å². The summed E-state index contributed by atoms with van der Waals surface area (Å²) in [6, 6.07) is 0. The molecule has 0 aliphatic heterocycles. The van der Waals surface area contributed by atoms with E-state index >= 15 is 0 Å². The summed E-state index contributed by atoms with van der Waals surface area (Å²) < 4.78 is 31.0. The average molecular weight is 303 g/mol. The Morgan fingerprint density at radius 2 is 1.06 bits per heavy atom. The van der Waals surface area contributed by atoms with E-state index in [1.807, 2.05) is 0 Å². The van der Waals surface area contributed by atoms with Crippen molar-refractivity contribution >= 4 is 10.1 Å². The first kappa shape index (κ1) is 21.8. The summed E-state index contributed by atoms with van der Waals surface area (Å²) in [6.07, 6.45) is 12.9. The topological polar surface area (TPSA) is 57.2 Å². The molecule has 0 aromatic heterocycles. The van der Waals surface area contributed by atoms with E-state index in [2.05, 4.69) is 6.92 Å². The molecule has 0 aliphatic rings. The SMILES string of the molecule is CCCCCCCCCCCCCS(=O)(=O)[O-].[K+]. The molecule has 0 amide bonds. The molecule has 0 N–H and O–H groups in total. The first-order valence-corrected chi connectivity index (χ1v) is 8.57. The number of rotatable bonds is 12. The maximum atomic E-state index is 10.3. The van der Waals surface area contributed by atoms with Gasteiger partial charge in [0.15, 0.2) is 0 Å². The van der Waals surface area contributed by atoms with Crippen LogP contribution in [0.4, 0.5) is 0 Å². The molecular formula is C13H27KO3S. The molecule has 0 saturated heterocycles. The van der Waals surface area contributed by atoms with Gasteiger partial charge in [0.2, 0.25) is 0 Å². The molecular weight excluding hydrogens is 275 g/mol. The first-order valence-electron chi connectivity index (χ1n) is 7.00. The van der Waals surface area contributed by atoms with Crippen LogP contribution in [0.15, 0.2) is 0 Å². The average Bonchev–Trinajstić information content (AvgIpc) is 2.24. The van der Waals surface area contributed by atoms with Crippen molar-refractivity contribution < 1.29 is 64.4 Å². The van der Waals surface area contributed by atoms with Crippen molar-refractivity contribution in [1.82, 2.24) is 0 Å².